The van der Waals surface area contributed by atoms with Gasteiger partial charge in [-0.1, -0.05) is 32.1 Å². The first-order valence-corrected chi connectivity index (χ1v) is 6.76. The van der Waals surface area contributed by atoms with Crippen LogP contribution in [0.25, 0.3) is 0 Å². The van der Waals surface area contributed by atoms with Gasteiger partial charge in [0.1, 0.15) is 0 Å². The maximum Gasteiger partial charge on any atom is 0.225 e. The molecule has 2 fully saturated rings. The van der Waals surface area contributed by atoms with E-state index < -0.39 is 0 Å². The number of halogens is 1. The van der Waals surface area contributed by atoms with Gasteiger partial charge in [0.25, 0.3) is 0 Å². The quantitative estimate of drug-likeness (QED) is 0.826. The Morgan fingerprint density at radius 2 is 1.59 bits per heavy atom. The van der Waals surface area contributed by atoms with Crippen LogP contribution in [0.4, 0.5) is 0 Å². The molecule has 1 N–H and O–H groups in total. The second-order valence-electron chi connectivity index (χ2n) is 5.30. The zero-order valence-corrected chi connectivity index (χ0v) is 11.6. The molecular weight excluding hydrogens is 236 g/mol. The Balaban J connectivity index is 0.00000144. The maximum absolute atomic E-state index is 12.3. The van der Waals surface area contributed by atoms with Crippen molar-refractivity contribution in [3.05, 3.63) is 0 Å². The number of amides is 1. The van der Waals surface area contributed by atoms with Crippen molar-refractivity contribution in [2.75, 3.05) is 20.1 Å². The van der Waals surface area contributed by atoms with Crippen LogP contribution < -0.4 is 5.32 Å². The van der Waals surface area contributed by atoms with Crippen molar-refractivity contribution in [2.24, 2.45) is 5.92 Å². The summed E-state index contributed by atoms with van der Waals surface area (Å²) in [6.07, 6.45) is 8.72. The first-order chi connectivity index (χ1) is 7.79. The first kappa shape index (κ1) is 14.8. The molecule has 17 heavy (non-hydrogen) atoms. The van der Waals surface area contributed by atoms with Crippen molar-refractivity contribution in [2.45, 2.75) is 51.0 Å². The summed E-state index contributed by atoms with van der Waals surface area (Å²) in [4.78, 5) is 14.3. The number of carbonyl (C=O) groups excluding carboxylic acids is 1. The third-order valence-electron chi connectivity index (χ3n) is 4.11. The molecular formula is C13H25ClN2O. The summed E-state index contributed by atoms with van der Waals surface area (Å²) in [7, 11) is 1.98. The number of likely N-dealkylation sites (N-methyl/N-ethyl adjacent to an activating group) is 1. The van der Waals surface area contributed by atoms with Crippen molar-refractivity contribution >= 4 is 18.3 Å². The minimum absolute atomic E-state index is 0. The summed E-state index contributed by atoms with van der Waals surface area (Å²) < 4.78 is 0. The molecule has 0 aromatic carbocycles. The van der Waals surface area contributed by atoms with E-state index in [-0.39, 0.29) is 12.4 Å². The van der Waals surface area contributed by atoms with E-state index in [1.165, 1.54) is 32.1 Å². The summed E-state index contributed by atoms with van der Waals surface area (Å²) in [6, 6.07) is 0.456. The fourth-order valence-corrected chi connectivity index (χ4v) is 2.72. The third-order valence-corrected chi connectivity index (χ3v) is 4.11. The molecule has 0 radical (unpaired) electrons. The molecule has 0 bridgehead atoms. The molecule has 0 spiro atoms. The lowest BCUT2D eigenvalue weighted by Crippen LogP contribution is -2.58. The maximum atomic E-state index is 12.3. The van der Waals surface area contributed by atoms with Gasteiger partial charge in [-0.05, 0) is 12.8 Å². The Labute approximate surface area is 111 Å². The van der Waals surface area contributed by atoms with Crippen molar-refractivity contribution in [3.63, 3.8) is 0 Å². The molecule has 3 nitrogen and oxygen atoms in total. The van der Waals surface area contributed by atoms with Crippen LogP contribution in [0.2, 0.25) is 0 Å². The summed E-state index contributed by atoms with van der Waals surface area (Å²) in [5.41, 5.74) is 0. The van der Waals surface area contributed by atoms with Crippen molar-refractivity contribution < 1.29 is 4.79 Å². The zero-order valence-electron chi connectivity index (χ0n) is 10.8. The van der Waals surface area contributed by atoms with Gasteiger partial charge >= 0.3 is 0 Å². The van der Waals surface area contributed by atoms with Gasteiger partial charge < -0.3 is 10.2 Å². The Morgan fingerprint density at radius 1 is 1.06 bits per heavy atom. The van der Waals surface area contributed by atoms with Crippen molar-refractivity contribution in [3.8, 4) is 0 Å². The lowest BCUT2D eigenvalue weighted by Gasteiger charge is -2.37. The van der Waals surface area contributed by atoms with Gasteiger partial charge in [-0.25, -0.2) is 0 Å². The highest BCUT2D eigenvalue weighted by atomic mass is 35.5. The molecule has 1 aliphatic carbocycles. The summed E-state index contributed by atoms with van der Waals surface area (Å²) in [5, 5.41) is 3.23. The van der Waals surface area contributed by atoms with E-state index in [2.05, 4.69) is 5.32 Å². The van der Waals surface area contributed by atoms with E-state index in [4.69, 9.17) is 0 Å². The number of rotatable bonds is 2. The lowest BCUT2D eigenvalue weighted by molar-refractivity contribution is -0.137. The number of hydrogen-bond acceptors (Lipinski definition) is 2. The molecule has 0 aromatic rings. The molecule has 2 rings (SSSR count). The lowest BCUT2D eigenvalue weighted by atomic mass is 9.89. The Kier molecular flexibility index (Phi) is 6.28. The van der Waals surface area contributed by atoms with Gasteiger partial charge in [-0.2, -0.15) is 0 Å². The van der Waals surface area contributed by atoms with Gasteiger partial charge in [-0.15, -0.1) is 12.4 Å². The van der Waals surface area contributed by atoms with Crippen LogP contribution in [0, 0.1) is 5.92 Å². The van der Waals surface area contributed by atoms with Crippen LogP contribution in [-0.4, -0.2) is 37.0 Å². The average Bonchev–Trinajstić information content (AvgIpc) is 2.13. The van der Waals surface area contributed by atoms with Crippen molar-refractivity contribution in [1.29, 1.82) is 0 Å². The summed E-state index contributed by atoms with van der Waals surface area (Å²) >= 11 is 0. The van der Waals surface area contributed by atoms with Gasteiger partial charge in [0.15, 0.2) is 0 Å². The second kappa shape index (κ2) is 7.22. The van der Waals surface area contributed by atoms with Crippen LogP contribution in [0.1, 0.15) is 44.9 Å². The normalized spacial score (nSPS) is 22.9. The van der Waals surface area contributed by atoms with Crippen LogP contribution >= 0.6 is 12.4 Å². The largest absolute Gasteiger partial charge is 0.340 e. The van der Waals surface area contributed by atoms with E-state index >= 15 is 0 Å². The molecule has 1 amide bonds. The molecule has 100 valence electrons. The van der Waals surface area contributed by atoms with Crippen LogP contribution in [0.3, 0.4) is 0 Å². The number of nitrogens with one attached hydrogen (secondary N) is 1. The topological polar surface area (TPSA) is 32.3 Å². The minimum Gasteiger partial charge on any atom is -0.340 e. The van der Waals surface area contributed by atoms with Crippen LogP contribution in [0.15, 0.2) is 0 Å². The zero-order chi connectivity index (χ0) is 11.4. The predicted molar refractivity (Wildman–Crippen MR) is 72.5 cm³/mol. The monoisotopic (exact) mass is 260 g/mol. The first-order valence-electron chi connectivity index (χ1n) is 6.76. The molecule has 0 atom stereocenters. The minimum atomic E-state index is 0. The fraction of sp³-hybridized carbons (Fsp3) is 0.923. The Morgan fingerprint density at radius 3 is 2.06 bits per heavy atom. The SMILES string of the molecule is CN(C(=O)C1CCCCCCC1)C1CNC1.Cl. The highest BCUT2D eigenvalue weighted by molar-refractivity contribution is 5.85. The van der Waals surface area contributed by atoms with Gasteiger partial charge in [0, 0.05) is 26.1 Å². The summed E-state index contributed by atoms with van der Waals surface area (Å²) in [5.74, 6) is 0.708. The Hall–Kier alpha value is -0.280. The molecule has 1 heterocycles. The third kappa shape index (κ3) is 3.85. The van der Waals surface area contributed by atoms with Gasteiger partial charge in [0.2, 0.25) is 5.91 Å². The number of carbonyl (C=O) groups is 1. The number of nitrogens with zero attached hydrogens (tertiary/aromatic N) is 1. The summed E-state index contributed by atoms with van der Waals surface area (Å²) in [6.45, 7) is 1.96. The highest BCUT2D eigenvalue weighted by Gasteiger charge is 2.29. The van der Waals surface area contributed by atoms with E-state index in [9.17, 15) is 4.79 Å². The van der Waals surface area contributed by atoms with E-state index in [0.29, 0.717) is 17.9 Å². The van der Waals surface area contributed by atoms with E-state index in [0.717, 1.165) is 25.9 Å². The van der Waals surface area contributed by atoms with E-state index in [1.807, 2.05) is 11.9 Å². The number of hydrogen-bond donors (Lipinski definition) is 1. The second-order valence-corrected chi connectivity index (χ2v) is 5.30. The molecule has 1 aliphatic heterocycles. The standard InChI is InChI=1S/C13H24N2O.ClH/c1-15(12-9-14-10-12)13(16)11-7-5-3-2-4-6-8-11;/h11-12,14H,2-10H2,1H3;1H. The van der Waals surface area contributed by atoms with Crippen molar-refractivity contribution in [1.82, 2.24) is 10.2 Å². The average molecular weight is 261 g/mol. The van der Waals surface area contributed by atoms with Gasteiger partial charge in [0.05, 0.1) is 6.04 Å². The van der Waals surface area contributed by atoms with Gasteiger partial charge in [-0.3, -0.25) is 4.79 Å². The molecule has 1 saturated heterocycles. The van der Waals surface area contributed by atoms with Crippen LogP contribution in [0.5, 0.6) is 0 Å². The molecule has 1 saturated carbocycles. The fourth-order valence-electron chi connectivity index (χ4n) is 2.72. The highest BCUT2D eigenvalue weighted by Crippen LogP contribution is 2.24. The molecule has 2 aliphatic rings. The molecule has 0 unspecified atom stereocenters. The molecule has 4 heteroatoms. The smallest absolute Gasteiger partial charge is 0.225 e. The Bertz CT molecular complexity index is 236. The molecule has 0 aromatic heterocycles. The van der Waals surface area contributed by atoms with E-state index in [1.54, 1.807) is 0 Å². The van der Waals surface area contributed by atoms with Crippen LogP contribution in [-0.2, 0) is 4.79 Å². The predicted octanol–water partition coefficient (Wildman–Crippen LogP) is 2.20.